The van der Waals surface area contributed by atoms with Gasteiger partial charge < -0.3 is 15.5 Å². The van der Waals surface area contributed by atoms with E-state index in [1.165, 1.54) is 23.1 Å². The number of carbonyl (C=O) groups excluding carboxylic acids is 2. The van der Waals surface area contributed by atoms with Crippen molar-refractivity contribution in [2.45, 2.75) is 11.1 Å². The summed E-state index contributed by atoms with van der Waals surface area (Å²) in [6.45, 7) is 1.82. The van der Waals surface area contributed by atoms with Gasteiger partial charge in [-0.1, -0.05) is 11.3 Å². The van der Waals surface area contributed by atoms with Gasteiger partial charge in [0.15, 0.2) is 5.13 Å². The van der Waals surface area contributed by atoms with Crippen LogP contribution < -0.4 is 15.8 Å². The van der Waals surface area contributed by atoms with Gasteiger partial charge in [-0.25, -0.2) is 4.98 Å². The number of H-pyrrole nitrogens is 1. The molecule has 3 rings (SSSR count). The van der Waals surface area contributed by atoms with Crippen molar-refractivity contribution in [1.29, 1.82) is 0 Å². The van der Waals surface area contributed by atoms with Crippen LogP contribution in [0.5, 0.6) is 5.75 Å². The fraction of sp³-hybridized carbons (Fsp3) is 0.188. The second kappa shape index (κ2) is 7.16. The van der Waals surface area contributed by atoms with Gasteiger partial charge in [0.25, 0.3) is 5.91 Å². The Balaban J connectivity index is 1.76. The Labute approximate surface area is 152 Å². The van der Waals surface area contributed by atoms with E-state index >= 15 is 0 Å². The molecule has 0 unspecified atom stereocenters. The Bertz CT molecular complexity index is 948. The topological polar surface area (TPSA) is 110 Å². The number of nitrogens with one attached hydrogen (secondary N) is 2. The lowest BCUT2D eigenvalue weighted by Crippen LogP contribution is -2.12. The van der Waals surface area contributed by atoms with Crippen molar-refractivity contribution in [3.05, 3.63) is 35.7 Å². The maximum Gasteiger partial charge on any atom is 0.273 e. The molecular formula is C16H16N4O3S2. The number of aromatic nitrogens is 2. The molecule has 9 heteroatoms. The third-order valence-corrected chi connectivity index (χ3v) is 5.85. The molecule has 4 N–H and O–H groups in total. The normalized spacial score (nSPS) is 10.8. The van der Waals surface area contributed by atoms with E-state index in [0.29, 0.717) is 16.6 Å². The highest BCUT2D eigenvalue weighted by Crippen LogP contribution is 2.32. The van der Waals surface area contributed by atoms with Gasteiger partial charge in [0.2, 0.25) is 5.91 Å². The maximum absolute atomic E-state index is 12.4. The van der Waals surface area contributed by atoms with E-state index < -0.39 is 5.91 Å². The number of nitrogens with two attached hydrogens (primary N) is 1. The lowest BCUT2D eigenvalue weighted by atomic mass is 10.2. The van der Waals surface area contributed by atoms with Gasteiger partial charge in [-0.05, 0) is 25.1 Å². The number of anilines is 1. The van der Waals surface area contributed by atoms with Crippen LogP contribution in [0.2, 0.25) is 0 Å². The number of fused-ring (bicyclic) bond motifs is 1. The molecule has 3 aromatic rings. The predicted octanol–water partition coefficient (Wildman–Crippen LogP) is 2.77. The smallest absolute Gasteiger partial charge is 0.273 e. The number of aryl methyl sites for hydroxylation is 1. The summed E-state index contributed by atoms with van der Waals surface area (Å²) in [5, 5.41) is 4.17. The van der Waals surface area contributed by atoms with Crippen LogP contribution in [0.4, 0.5) is 5.13 Å². The van der Waals surface area contributed by atoms with Crippen molar-refractivity contribution in [2.24, 2.45) is 5.73 Å². The fourth-order valence-corrected chi connectivity index (χ4v) is 4.10. The Hall–Kier alpha value is -2.52. The van der Waals surface area contributed by atoms with Crippen LogP contribution in [0.1, 0.15) is 16.2 Å². The zero-order valence-corrected chi connectivity index (χ0v) is 15.2. The third-order valence-electron chi connectivity index (χ3n) is 3.39. The predicted molar refractivity (Wildman–Crippen MR) is 99.6 cm³/mol. The highest BCUT2D eigenvalue weighted by molar-refractivity contribution is 8.01. The number of carbonyl (C=O) groups is 2. The number of primary amides is 1. The quantitative estimate of drug-likeness (QED) is 0.573. The summed E-state index contributed by atoms with van der Waals surface area (Å²) in [6, 6.07) is 7.32. The molecule has 1 aromatic carbocycles. The molecule has 0 fully saturated rings. The van der Waals surface area contributed by atoms with Gasteiger partial charge in [0, 0.05) is 17.0 Å². The first-order chi connectivity index (χ1) is 12.0. The standard InChI is InChI=1S/C16H16N4O3S2/c1-8-15(24-7-13(17)21)25-16(18-8)20-14(22)12-5-9-3-4-10(23-2)6-11(9)19-12/h3-6,19H,7H2,1-2H3,(H2,17,21)(H,18,20,22). The van der Waals surface area contributed by atoms with Crippen molar-refractivity contribution in [1.82, 2.24) is 9.97 Å². The van der Waals surface area contributed by atoms with Crippen LogP contribution >= 0.6 is 23.1 Å². The number of hydrogen-bond acceptors (Lipinski definition) is 6. The molecule has 0 saturated carbocycles. The largest absolute Gasteiger partial charge is 0.497 e. The van der Waals surface area contributed by atoms with Gasteiger partial charge in [0.1, 0.15) is 11.4 Å². The molecule has 130 valence electrons. The van der Waals surface area contributed by atoms with E-state index in [4.69, 9.17) is 10.5 Å². The fourth-order valence-electron chi connectivity index (χ4n) is 2.23. The number of nitrogens with zero attached hydrogens (tertiary/aromatic N) is 1. The summed E-state index contributed by atoms with van der Waals surface area (Å²) in [4.78, 5) is 30.7. The van der Waals surface area contributed by atoms with Crippen molar-refractivity contribution >= 4 is 50.9 Å². The van der Waals surface area contributed by atoms with Gasteiger partial charge in [0.05, 0.1) is 22.8 Å². The second-order valence-electron chi connectivity index (χ2n) is 5.24. The molecule has 0 bridgehead atoms. The molecule has 25 heavy (non-hydrogen) atoms. The molecule has 7 nitrogen and oxygen atoms in total. The summed E-state index contributed by atoms with van der Waals surface area (Å²) in [5.41, 5.74) is 7.16. The molecule has 0 saturated heterocycles. The van der Waals surface area contributed by atoms with Crippen molar-refractivity contribution in [2.75, 3.05) is 18.2 Å². The van der Waals surface area contributed by atoms with Gasteiger partial charge in [-0.15, -0.1) is 11.8 Å². The number of thiazole rings is 1. The summed E-state index contributed by atoms with van der Waals surface area (Å²) < 4.78 is 6.04. The molecule has 0 atom stereocenters. The van der Waals surface area contributed by atoms with Crippen LogP contribution in [-0.4, -0.2) is 34.6 Å². The number of rotatable bonds is 6. The minimum atomic E-state index is -0.392. The zero-order chi connectivity index (χ0) is 18.0. The average Bonchev–Trinajstić information content (AvgIpc) is 3.15. The summed E-state index contributed by atoms with van der Waals surface area (Å²) in [7, 11) is 1.59. The van der Waals surface area contributed by atoms with E-state index in [0.717, 1.165) is 20.8 Å². The van der Waals surface area contributed by atoms with Crippen LogP contribution in [0.15, 0.2) is 28.5 Å². The van der Waals surface area contributed by atoms with Crippen molar-refractivity contribution < 1.29 is 14.3 Å². The van der Waals surface area contributed by atoms with E-state index in [2.05, 4.69) is 15.3 Å². The SMILES string of the molecule is COc1ccc2cc(C(=O)Nc3nc(C)c(SCC(N)=O)s3)[nH]c2c1. The molecule has 0 aliphatic carbocycles. The lowest BCUT2D eigenvalue weighted by Gasteiger charge is -1.98. The van der Waals surface area contributed by atoms with Crippen LogP contribution in [0.25, 0.3) is 10.9 Å². The van der Waals surface area contributed by atoms with E-state index in [1.807, 2.05) is 25.1 Å². The lowest BCUT2D eigenvalue weighted by molar-refractivity contribution is -0.115. The molecule has 2 heterocycles. The molecule has 0 aliphatic heterocycles. The minimum absolute atomic E-state index is 0.181. The van der Waals surface area contributed by atoms with Gasteiger partial charge in [-0.2, -0.15) is 0 Å². The molecule has 0 aliphatic rings. The highest BCUT2D eigenvalue weighted by atomic mass is 32.2. The summed E-state index contributed by atoms with van der Waals surface area (Å²) in [5.74, 6) is 0.223. The first-order valence-corrected chi connectivity index (χ1v) is 9.13. The number of benzene rings is 1. The first-order valence-electron chi connectivity index (χ1n) is 7.33. The van der Waals surface area contributed by atoms with E-state index in [1.54, 1.807) is 13.2 Å². The van der Waals surface area contributed by atoms with Gasteiger partial charge in [-0.3, -0.25) is 14.9 Å². The molecular weight excluding hydrogens is 360 g/mol. The Kier molecular flexibility index (Phi) is 4.95. The Morgan fingerprint density at radius 1 is 1.40 bits per heavy atom. The van der Waals surface area contributed by atoms with E-state index in [9.17, 15) is 9.59 Å². The maximum atomic E-state index is 12.4. The van der Waals surface area contributed by atoms with E-state index in [-0.39, 0.29) is 11.7 Å². The van der Waals surface area contributed by atoms with Gasteiger partial charge >= 0.3 is 0 Å². The number of amides is 2. The second-order valence-corrected chi connectivity index (χ2v) is 7.48. The Morgan fingerprint density at radius 3 is 2.92 bits per heavy atom. The van der Waals surface area contributed by atoms with Crippen LogP contribution in [0, 0.1) is 6.92 Å². The molecule has 2 aromatic heterocycles. The van der Waals surface area contributed by atoms with Crippen molar-refractivity contribution in [3.8, 4) is 5.75 Å². The average molecular weight is 376 g/mol. The molecule has 0 spiro atoms. The van der Waals surface area contributed by atoms with Crippen molar-refractivity contribution in [3.63, 3.8) is 0 Å². The number of hydrogen-bond donors (Lipinski definition) is 3. The third kappa shape index (κ3) is 3.94. The highest BCUT2D eigenvalue weighted by Gasteiger charge is 2.15. The Morgan fingerprint density at radius 2 is 2.20 bits per heavy atom. The molecule has 0 radical (unpaired) electrons. The molecule has 2 amide bonds. The zero-order valence-electron chi connectivity index (χ0n) is 13.6. The van der Waals surface area contributed by atoms with Crippen LogP contribution in [0.3, 0.4) is 0 Å². The number of ether oxygens (including phenoxy) is 1. The summed E-state index contributed by atoms with van der Waals surface area (Å²) >= 11 is 2.63. The monoisotopic (exact) mass is 376 g/mol. The number of aromatic amines is 1. The minimum Gasteiger partial charge on any atom is -0.497 e. The van der Waals surface area contributed by atoms with Crippen LogP contribution in [-0.2, 0) is 4.79 Å². The summed E-state index contributed by atoms with van der Waals surface area (Å²) in [6.07, 6.45) is 0. The number of thioether (sulfide) groups is 1. The number of methoxy groups -OCH3 is 1. The first kappa shape index (κ1) is 17.3.